The Bertz CT molecular complexity index is 849. The van der Waals surface area contributed by atoms with E-state index in [2.05, 4.69) is 5.32 Å². The first-order valence-electron chi connectivity index (χ1n) is 7.22. The SMILES string of the molecule is O=C(Nc1cccc(Cl)c1Cl)c1ccc(Oc2ccccc2)cc1. The second-order valence-corrected chi connectivity index (χ2v) is 5.78. The lowest BCUT2D eigenvalue weighted by Crippen LogP contribution is -2.12. The van der Waals surface area contributed by atoms with E-state index < -0.39 is 0 Å². The van der Waals surface area contributed by atoms with Crippen molar-refractivity contribution in [3.05, 3.63) is 88.4 Å². The van der Waals surface area contributed by atoms with Crippen LogP contribution in [0.15, 0.2) is 72.8 Å². The molecule has 3 aromatic rings. The Morgan fingerprint density at radius 2 is 1.46 bits per heavy atom. The van der Waals surface area contributed by atoms with Crippen LogP contribution < -0.4 is 10.1 Å². The molecule has 3 rings (SSSR count). The Morgan fingerprint density at radius 1 is 0.792 bits per heavy atom. The number of hydrogen-bond acceptors (Lipinski definition) is 2. The van der Waals surface area contributed by atoms with E-state index in [1.807, 2.05) is 30.3 Å². The molecule has 0 aromatic heterocycles. The summed E-state index contributed by atoms with van der Waals surface area (Å²) in [5.74, 6) is 1.12. The minimum atomic E-state index is -0.273. The van der Waals surface area contributed by atoms with Crippen molar-refractivity contribution >= 4 is 34.8 Å². The monoisotopic (exact) mass is 357 g/mol. The lowest BCUT2D eigenvalue weighted by molar-refractivity contribution is 0.102. The second kappa shape index (κ2) is 7.39. The molecule has 1 amide bonds. The van der Waals surface area contributed by atoms with E-state index in [1.54, 1.807) is 42.5 Å². The summed E-state index contributed by atoms with van der Waals surface area (Å²) in [6, 6.07) is 21.4. The fraction of sp³-hybridized carbons (Fsp3) is 0. The predicted molar refractivity (Wildman–Crippen MR) is 97.4 cm³/mol. The summed E-state index contributed by atoms with van der Waals surface area (Å²) in [5.41, 5.74) is 0.963. The van der Waals surface area contributed by atoms with E-state index in [0.29, 0.717) is 27.0 Å². The lowest BCUT2D eigenvalue weighted by Gasteiger charge is -2.09. The predicted octanol–water partition coefficient (Wildman–Crippen LogP) is 6.04. The Morgan fingerprint density at radius 3 is 2.17 bits per heavy atom. The molecule has 120 valence electrons. The molecule has 0 fully saturated rings. The van der Waals surface area contributed by atoms with Gasteiger partial charge in [-0.05, 0) is 48.5 Å². The van der Waals surface area contributed by atoms with Gasteiger partial charge in [0.25, 0.3) is 5.91 Å². The van der Waals surface area contributed by atoms with Gasteiger partial charge in [-0.3, -0.25) is 4.79 Å². The first-order valence-corrected chi connectivity index (χ1v) is 7.97. The first kappa shape index (κ1) is 16.4. The molecule has 5 heteroatoms. The number of rotatable bonds is 4. The highest BCUT2D eigenvalue weighted by Crippen LogP contribution is 2.30. The summed E-state index contributed by atoms with van der Waals surface area (Å²) in [6.45, 7) is 0. The molecule has 0 aliphatic rings. The maximum Gasteiger partial charge on any atom is 0.255 e. The molecule has 3 aromatic carbocycles. The molecule has 0 heterocycles. The minimum Gasteiger partial charge on any atom is -0.457 e. The van der Waals surface area contributed by atoms with Crippen LogP contribution in [0.5, 0.6) is 11.5 Å². The van der Waals surface area contributed by atoms with Crippen molar-refractivity contribution in [2.45, 2.75) is 0 Å². The van der Waals surface area contributed by atoms with Crippen LogP contribution in [0.25, 0.3) is 0 Å². The van der Waals surface area contributed by atoms with E-state index in [1.165, 1.54) is 0 Å². The number of amides is 1. The van der Waals surface area contributed by atoms with Gasteiger partial charge in [0.15, 0.2) is 0 Å². The van der Waals surface area contributed by atoms with Gasteiger partial charge < -0.3 is 10.1 Å². The van der Waals surface area contributed by atoms with Gasteiger partial charge in [-0.25, -0.2) is 0 Å². The van der Waals surface area contributed by atoms with Gasteiger partial charge in [-0.1, -0.05) is 47.5 Å². The molecule has 0 aliphatic carbocycles. The maximum atomic E-state index is 12.3. The van der Waals surface area contributed by atoms with Gasteiger partial charge in [-0.2, -0.15) is 0 Å². The fourth-order valence-electron chi connectivity index (χ4n) is 2.09. The molecule has 0 saturated heterocycles. The zero-order valence-corrected chi connectivity index (χ0v) is 14.0. The van der Waals surface area contributed by atoms with Gasteiger partial charge in [0.05, 0.1) is 15.7 Å². The van der Waals surface area contributed by atoms with Crippen LogP contribution in [0.3, 0.4) is 0 Å². The molecule has 0 bridgehead atoms. The largest absolute Gasteiger partial charge is 0.457 e. The van der Waals surface area contributed by atoms with Gasteiger partial charge in [-0.15, -0.1) is 0 Å². The highest BCUT2D eigenvalue weighted by Gasteiger charge is 2.10. The van der Waals surface area contributed by atoms with Crippen molar-refractivity contribution in [3.8, 4) is 11.5 Å². The summed E-state index contributed by atoms with van der Waals surface area (Å²) >= 11 is 12.0. The smallest absolute Gasteiger partial charge is 0.255 e. The number of carbonyl (C=O) groups is 1. The molecular formula is C19H13Cl2NO2. The number of anilines is 1. The van der Waals surface area contributed by atoms with Crippen LogP contribution >= 0.6 is 23.2 Å². The number of carbonyl (C=O) groups excluding carboxylic acids is 1. The third-order valence-corrected chi connectivity index (χ3v) is 4.11. The minimum absolute atomic E-state index is 0.273. The third kappa shape index (κ3) is 3.88. The molecule has 0 atom stereocenters. The second-order valence-electron chi connectivity index (χ2n) is 4.99. The Labute approximate surface area is 149 Å². The summed E-state index contributed by atoms with van der Waals surface area (Å²) in [7, 11) is 0. The highest BCUT2D eigenvalue weighted by molar-refractivity contribution is 6.44. The number of halogens is 2. The number of ether oxygens (including phenoxy) is 1. The molecule has 0 radical (unpaired) electrons. The topological polar surface area (TPSA) is 38.3 Å². The Kier molecular flexibility index (Phi) is 5.04. The van der Waals surface area contributed by atoms with Crippen molar-refractivity contribution in [1.82, 2.24) is 0 Å². The average Bonchev–Trinajstić information content (AvgIpc) is 2.60. The van der Waals surface area contributed by atoms with Gasteiger partial charge in [0.2, 0.25) is 0 Å². The Hall–Kier alpha value is -2.49. The third-order valence-electron chi connectivity index (χ3n) is 3.30. The molecule has 0 saturated carbocycles. The van der Waals surface area contributed by atoms with Crippen molar-refractivity contribution in [2.24, 2.45) is 0 Å². The van der Waals surface area contributed by atoms with E-state index in [-0.39, 0.29) is 5.91 Å². The van der Waals surface area contributed by atoms with Crippen molar-refractivity contribution in [3.63, 3.8) is 0 Å². The molecule has 1 N–H and O–H groups in total. The summed E-state index contributed by atoms with van der Waals surface area (Å²) in [6.07, 6.45) is 0. The fourth-order valence-corrected chi connectivity index (χ4v) is 2.44. The quantitative estimate of drug-likeness (QED) is 0.618. The summed E-state index contributed by atoms with van der Waals surface area (Å²) < 4.78 is 5.70. The Balaban J connectivity index is 1.71. The summed E-state index contributed by atoms with van der Waals surface area (Å²) in [4.78, 5) is 12.3. The maximum absolute atomic E-state index is 12.3. The van der Waals surface area contributed by atoms with Crippen LogP contribution in [-0.2, 0) is 0 Å². The molecule has 24 heavy (non-hydrogen) atoms. The van der Waals surface area contributed by atoms with Crippen LogP contribution in [0, 0.1) is 0 Å². The van der Waals surface area contributed by atoms with Crippen molar-refractivity contribution < 1.29 is 9.53 Å². The lowest BCUT2D eigenvalue weighted by atomic mass is 10.2. The first-order chi connectivity index (χ1) is 11.6. The summed E-state index contributed by atoms with van der Waals surface area (Å²) in [5, 5.41) is 3.45. The number of benzene rings is 3. The number of nitrogens with one attached hydrogen (secondary N) is 1. The molecule has 0 unspecified atom stereocenters. The van der Waals surface area contributed by atoms with Crippen LogP contribution in [-0.4, -0.2) is 5.91 Å². The average molecular weight is 358 g/mol. The van der Waals surface area contributed by atoms with E-state index in [0.717, 1.165) is 5.75 Å². The van der Waals surface area contributed by atoms with Crippen molar-refractivity contribution in [2.75, 3.05) is 5.32 Å². The van der Waals surface area contributed by atoms with Gasteiger partial charge in [0.1, 0.15) is 11.5 Å². The van der Waals surface area contributed by atoms with E-state index >= 15 is 0 Å². The molecular weight excluding hydrogens is 345 g/mol. The van der Waals surface area contributed by atoms with Crippen LogP contribution in [0.1, 0.15) is 10.4 Å². The zero-order valence-electron chi connectivity index (χ0n) is 12.5. The van der Waals surface area contributed by atoms with Crippen molar-refractivity contribution in [1.29, 1.82) is 0 Å². The highest BCUT2D eigenvalue weighted by atomic mass is 35.5. The number of para-hydroxylation sites is 1. The molecule has 0 spiro atoms. The van der Waals surface area contributed by atoms with E-state index in [9.17, 15) is 4.79 Å². The van der Waals surface area contributed by atoms with E-state index in [4.69, 9.17) is 27.9 Å². The molecule has 3 nitrogen and oxygen atoms in total. The van der Waals surface area contributed by atoms with Crippen LogP contribution in [0.4, 0.5) is 5.69 Å². The van der Waals surface area contributed by atoms with Crippen LogP contribution in [0.2, 0.25) is 10.0 Å². The standard InChI is InChI=1S/C19H13Cl2NO2/c20-16-7-4-8-17(18(16)21)22-19(23)13-9-11-15(12-10-13)24-14-5-2-1-3-6-14/h1-12H,(H,22,23). The normalized spacial score (nSPS) is 10.2. The van der Waals surface area contributed by atoms with Gasteiger partial charge in [0, 0.05) is 5.56 Å². The molecule has 0 aliphatic heterocycles. The van der Waals surface area contributed by atoms with Gasteiger partial charge >= 0.3 is 0 Å². The zero-order chi connectivity index (χ0) is 16.9. The number of hydrogen-bond donors (Lipinski definition) is 1.